The van der Waals surface area contributed by atoms with Crippen LogP contribution in [-0.2, 0) is 20.7 Å². The summed E-state index contributed by atoms with van der Waals surface area (Å²) in [7, 11) is 0. The SMILES string of the molecule is CCCOC(=O)c1ccc(NC(=O)[C@H]2CC(=O)N(CCc3c[nH]c4ccc(Cl)cc34)C2)cc1. The second-order valence-electron chi connectivity index (χ2n) is 8.20. The van der Waals surface area contributed by atoms with Crippen molar-refractivity contribution in [2.75, 3.05) is 25.0 Å². The summed E-state index contributed by atoms with van der Waals surface area (Å²) < 4.78 is 5.10. The first-order chi connectivity index (χ1) is 15.9. The van der Waals surface area contributed by atoms with Gasteiger partial charge in [-0.3, -0.25) is 9.59 Å². The number of aromatic amines is 1. The lowest BCUT2D eigenvalue weighted by molar-refractivity contribution is -0.128. The number of H-pyrrole nitrogens is 1. The first-order valence-electron chi connectivity index (χ1n) is 11.1. The number of carbonyl (C=O) groups excluding carboxylic acids is 3. The summed E-state index contributed by atoms with van der Waals surface area (Å²) in [5, 5.41) is 4.56. The Bertz CT molecular complexity index is 1170. The molecule has 2 N–H and O–H groups in total. The maximum absolute atomic E-state index is 12.7. The van der Waals surface area contributed by atoms with Gasteiger partial charge >= 0.3 is 5.97 Å². The molecule has 0 bridgehead atoms. The number of nitrogens with zero attached hydrogens (tertiary/aromatic N) is 1. The third-order valence-electron chi connectivity index (χ3n) is 5.79. The van der Waals surface area contributed by atoms with Gasteiger partial charge in [0.15, 0.2) is 0 Å². The number of aromatic nitrogens is 1. The maximum Gasteiger partial charge on any atom is 0.338 e. The average molecular weight is 468 g/mol. The molecule has 0 radical (unpaired) electrons. The van der Waals surface area contributed by atoms with Crippen molar-refractivity contribution in [2.24, 2.45) is 5.92 Å². The van der Waals surface area contributed by atoms with E-state index >= 15 is 0 Å². The number of carbonyl (C=O) groups is 3. The lowest BCUT2D eigenvalue weighted by Crippen LogP contribution is -2.30. The lowest BCUT2D eigenvalue weighted by atomic mass is 10.1. The van der Waals surface area contributed by atoms with Gasteiger partial charge in [0.2, 0.25) is 11.8 Å². The van der Waals surface area contributed by atoms with Crippen molar-refractivity contribution in [3.05, 3.63) is 64.8 Å². The summed E-state index contributed by atoms with van der Waals surface area (Å²) in [5.41, 5.74) is 3.10. The second kappa shape index (κ2) is 10.1. The largest absolute Gasteiger partial charge is 0.462 e. The van der Waals surface area contributed by atoms with Crippen LogP contribution in [0.4, 0.5) is 5.69 Å². The predicted octanol–water partition coefficient (Wildman–Crippen LogP) is 4.42. The molecule has 0 unspecified atom stereocenters. The standard InChI is InChI=1S/C25H26ClN3O4/c1-2-11-33-25(32)16-3-6-20(7-4-16)28-24(31)18-12-23(30)29(15-18)10-9-17-14-27-22-8-5-19(26)13-21(17)22/h3-8,13-14,18,27H,2,9-12,15H2,1H3,(H,28,31)/t18-/m0/s1. The molecule has 8 heteroatoms. The second-order valence-corrected chi connectivity index (χ2v) is 8.63. The van der Waals surface area contributed by atoms with Gasteiger partial charge in [-0.1, -0.05) is 18.5 Å². The van der Waals surface area contributed by atoms with Gasteiger partial charge in [-0.25, -0.2) is 4.79 Å². The van der Waals surface area contributed by atoms with Gasteiger partial charge in [-0.2, -0.15) is 0 Å². The molecular weight excluding hydrogens is 442 g/mol. The van der Waals surface area contributed by atoms with E-state index in [4.69, 9.17) is 16.3 Å². The monoisotopic (exact) mass is 467 g/mol. The highest BCUT2D eigenvalue weighted by Gasteiger charge is 2.34. The Balaban J connectivity index is 1.31. The van der Waals surface area contributed by atoms with E-state index in [0.29, 0.717) is 42.4 Å². The van der Waals surface area contributed by atoms with Crippen LogP contribution in [0.3, 0.4) is 0 Å². The molecule has 1 aliphatic rings. The fourth-order valence-electron chi connectivity index (χ4n) is 3.99. The maximum atomic E-state index is 12.7. The number of anilines is 1. The Labute approximate surface area is 197 Å². The highest BCUT2D eigenvalue weighted by atomic mass is 35.5. The molecule has 7 nitrogen and oxygen atoms in total. The third kappa shape index (κ3) is 5.37. The van der Waals surface area contributed by atoms with Crippen molar-refractivity contribution < 1.29 is 19.1 Å². The van der Waals surface area contributed by atoms with E-state index in [1.807, 2.05) is 31.3 Å². The normalized spacial score (nSPS) is 15.8. The number of halogens is 1. The quantitative estimate of drug-likeness (QED) is 0.480. The van der Waals surface area contributed by atoms with Crippen molar-refractivity contribution in [3.63, 3.8) is 0 Å². The van der Waals surface area contributed by atoms with Gasteiger partial charge in [-0.05, 0) is 60.9 Å². The molecule has 3 aromatic rings. The number of fused-ring (bicyclic) bond motifs is 1. The van der Waals surface area contributed by atoms with Crippen LogP contribution in [-0.4, -0.2) is 47.4 Å². The summed E-state index contributed by atoms with van der Waals surface area (Å²) in [6, 6.07) is 12.3. The molecule has 1 aliphatic heterocycles. The molecule has 0 saturated carbocycles. The number of rotatable bonds is 8. The Morgan fingerprint density at radius 2 is 2.00 bits per heavy atom. The van der Waals surface area contributed by atoms with Crippen LogP contribution in [0.5, 0.6) is 0 Å². The molecule has 2 aromatic carbocycles. The number of likely N-dealkylation sites (tertiary alicyclic amines) is 1. The van der Waals surface area contributed by atoms with Gasteiger partial charge in [0.05, 0.1) is 18.1 Å². The zero-order valence-electron chi connectivity index (χ0n) is 18.4. The third-order valence-corrected chi connectivity index (χ3v) is 6.03. The number of nitrogens with one attached hydrogen (secondary N) is 2. The highest BCUT2D eigenvalue weighted by molar-refractivity contribution is 6.31. The van der Waals surface area contributed by atoms with Crippen LogP contribution in [0.2, 0.25) is 5.02 Å². The minimum atomic E-state index is -0.413. The molecule has 1 aromatic heterocycles. The van der Waals surface area contributed by atoms with E-state index in [0.717, 1.165) is 22.9 Å². The van der Waals surface area contributed by atoms with E-state index < -0.39 is 5.92 Å². The topological polar surface area (TPSA) is 91.5 Å². The van der Waals surface area contributed by atoms with Gasteiger partial charge in [-0.15, -0.1) is 0 Å². The van der Waals surface area contributed by atoms with E-state index in [1.54, 1.807) is 29.2 Å². The molecule has 2 amide bonds. The van der Waals surface area contributed by atoms with Crippen LogP contribution in [0, 0.1) is 5.92 Å². The first-order valence-corrected chi connectivity index (χ1v) is 11.4. The molecule has 0 aliphatic carbocycles. The van der Waals surface area contributed by atoms with Gasteiger partial charge in [0.1, 0.15) is 0 Å². The first kappa shape index (κ1) is 22.9. The Hall–Kier alpha value is -3.32. The van der Waals surface area contributed by atoms with E-state index in [2.05, 4.69) is 10.3 Å². The zero-order valence-corrected chi connectivity index (χ0v) is 19.2. The molecule has 0 spiro atoms. The summed E-state index contributed by atoms with van der Waals surface area (Å²) in [4.78, 5) is 42.1. The van der Waals surface area contributed by atoms with Crippen molar-refractivity contribution in [2.45, 2.75) is 26.2 Å². The van der Waals surface area contributed by atoms with Gasteiger partial charge < -0.3 is 19.9 Å². The van der Waals surface area contributed by atoms with Crippen LogP contribution in [0.25, 0.3) is 10.9 Å². The van der Waals surface area contributed by atoms with Crippen molar-refractivity contribution >= 4 is 46.0 Å². The van der Waals surface area contributed by atoms with Crippen LogP contribution >= 0.6 is 11.6 Å². The van der Waals surface area contributed by atoms with E-state index in [1.165, 1.54) is 0 Å². The fraction of sp³-hybridized carbons (Fsp3) is 0.320. The fourth-order valence-corrected chi connectivity index (χ4v) is 4.16. The van der Waals surface area contributed by atoms with Crippen molar-refractivity contribution in [1.29, 1.82) is 0 Å². The van der Waals surface area contributed by atoms with Crippen LogP contribution in [0.1, 0.15) is 35.7 Å². The van der Waals surface area contributed by atoms with Gasteiger partial charge in [0.25, 0.3) is 0 Å². The highest BCUT2D eigenvalue weighted by Crippen LogP contribution is 2.25. The van der Waals surface area contributed by atoms with E-state index in [9.17, 15) is 14.4 Å². The predicted molar refractivity (Wildman–Crippen MR) is 127 cm³/mol. The Morgan fingerprint density at radius 1 is 1.21 bits per heavy atom. The summed E-state index contributed by atoms with van der Waals surface area (Å²) in [6.45, 7) is 3.22. The number of amides is 2. The van der Waals surface area contributed by atoms with Crippen LogP contribution < -0.4 is 5.32 Å². The van der Waals surface area contributed by atoms with Gasteiger partial charge in [0, 0.05) is 47.3 Å². The molecule has 1 saturated heterocycles. The number of hydrogen-bond acceptors (Lipinski definition) is 4. The molecule has 1 atom stereocenters. The molecule has 4 rings (SSSR count). The van der Waals surface area contributed by atoms with E-state index in [-0.39, 0.29) is 24.2 Å². The van der Waals surface area contributed by atoms with Crippen molar-refractivity contribution in [3.8, 4) is 0 Å². The summed E-state index contributed by atoms with van der Waals surface area (Å²) in [6.07, 6.45) is 3.56. The van der Waals surface area contributed by atoms with Crippen molar-refractivity contribution in [1.82, 2.24) is 9.88 Å². The Morgan fingerprint density at radius 3 is 2.76 bits per heavy atom. The smallest absolute Gasteiger partial charge is 0.338 e. The summed E-state index contributed by atoms with van der Waals surface area (Å²) in [5.74, 6) is -1.03. The average Bonchev–Trinajstić information content (AvgIpc) is 3.39. The Kier molecular flexibility index (Phi) is 6.99. The summed E-state index contributed by atoms with van der Waals surface area (Å²) >= 11 is 6.12. The molecular formula is C25H26ClN3O4. The molecule has 1 fully saturated rings. The minimum absolute atomic E-state index is 0.0259. The number of benzene rings is 2. The van der Waals surface area contributed by atoms with Crippen LogP contribution in [0.15, 0.2) is 48.7 Å². The number of hydrogen-bond donors (Lipinski definition) is 2. The molecule has 2 heterocycles. The lowest BCUT2D eigenvalue weighted by Gasteiger charge is -2.16. The molecule has 33 heavy (non-hydrogen) atoms. The minimum Gasteiger partial charge on any atom is -0.462 e. The molecule has 172 valence electrons. The zero-order chi connectivity index (χ0) is 23.4. The number of esters is 1. The number of ether oxygens (including phenoxy) is 1.